The molecule has 1 aliphatic heterocycles. The van der Waals surface area contributed by atoms with Crippen LogP contribution < -0.4 is 5.09 Å². The van der Waals surface area contributed by atoms with E-state index in [1.165, 1.54) is 11.8 Å². The summed E-state index contributed by atoms with van der Waals surface area (Å²) in [6.45, 7) is 5.58. The van der Waals surface area contributed by atoms with E-state index in [9.17, 15) is 14.2 Å². The molecule has 0 aliphatic carbocycles. The fourth-order valence-corrected chi connectivity index (χ4v) is 3.77. The van der Waals surface area contributed by atoms with Crippen molar-refractivity contribution >= 4 is 19.6 Å². The molecule has 1 heterocycles. The van der Waals surface area contributed by atoms with Gasteiger partial charge >= 0.3 is 13.7 Å². The van der Waals surface area contributed by atoms with Crippen molar-refractivity contribution in [2.24, 2.45) is 0 Å². The van der Waals surface area contributed by atoms with Gasteiger partial charge in [0.05, 0.1) is 19.3 Å². The third-order valence-electron chi connectivity index (χ3n) is 3.14. The Hall–Kier alpha value is -0.950. The van der Waals surface area contributed by atoms with Crippen LogP contribution in [0, 0.1) is 0 Å². The number of aliphatic carboxylic acids is 1. The summed E-state index contributed by atoms with van der Waals surface area (Å²) in [7, 11) is -3.56. The molecule has 8 nitrogen and oxygen atoms in total. The molecular formula is C12H23N2O6P. The van der Waals surface area contributed by atoms with E-state index in [4.69, 9.17) is 14.2 Å². The summed E-state index contributed by atoms with van der Waals surface area (Å²) < 4.78 is 22.4. The second kappa shape index (κ2) is 7.89. The first-order valence-electron chi connectivity index (χ1n) is 7.04. The van der Waals surface area contributed by atoms with E-state index >= 15 is 0 Å². The third-order valence-corrected chi connectivity index (χ3v) is 5.04. The molecule has 0 bridgehead atoms. The first kappa shape index (κ1) is 18.1. The van der Waals surface area contributed by atoms with Gasteiger partial charge in [-0.1, -0.05) is 0 Å². The first-order chi connectivity index (χ1) is 9.84. The zero-order valence-electron chi connectivity index (χ0n) is 12.6. The Morgan fingerprint density at radius 1 is 1.38 bits per heavy atom. The molecule has 1 rings (SSSR count). The summed E-state index contributed by atoms with van der Waals surface area (Å²) in [4.78, 5) is 24.7. The Labute approximate surface area is 124 Å². The molecule has 0 aromatic heterocycles. The van der Waals surface area contributed by atoms with Crippen LogP contribution >= 0.6 is 7.75 Å². The Balaban J connectivity index is 2.73. The monoisotopic (exact) mass is 322 g/mol. The average molecular weight is 322 g/mol. The van der Waals surface area contributed by atoms with Crippen molar-refractivity contribution in [3.63, 3.8) is 0 Å². The molecule has 1 fully saturated rings. The second-order valence-corrected chi connectivity index (χ2v) is 6.48. The maximum absolute atomic E-state index is 12.3. The van der Waals surface area contributed by atoms with Gasteiger partial charge in [0.2, 0.25) is 5.91 Å². The predicted molar refractivity (Wildman–Crippen MR) is 75.8 cm³/mol. The smallest absolute Gasteiger partial charge is 0.406 e. The SMILES string of the molecule is CCOP(=O)(N[C@@H](C)C(=O)N1CCC[C@H]1C(=O)O)OCC. The van der Waals surface area contributed by atoms with Gasteiger partial charge in [-0.15, -0.1) is 0 Å². The number of nitrogens with zero attached hydrogens (tertiary/aromatic N) is 1. The standard InChI is InChI=1S/C12H23N2O6P/c1-4-19-21(18,20-5-2)13-9(3)11(15)14-8-6-7-10(14)12(16)17/h9-10H,4-8H2,1-3H3,(H,13,18)(H,16,17)/t9-,10-/m0/s1. The minimum absolute atomic E-state index is 0.173. The molecule has 0 aromatic carbocycles. The largest absolute Gasteiger partial charge is 0.480 e. The Morgan fingerprint density at radius 3 is 2.43 bits per heavy atom. The van der Waals surface area contributed by atoms with Crippen LogP contribution in [0.3, 0.4) is 0 Å². The van der Waals surface area contributed by atoms with Crippen molar-refractivity contribution in [2.75, 3.05) is 19.8 Å². The van der Waals surface area contributed by atoms with E-state index < -0.39 is 31.7 Å². The normalized spacial score (nSPS) is 20.5. The molecule has 0 aromatic rings. The Morgan fingerprint density at radius 2 is 1.95 bits per heavy atom. The highest BCUT2D eigenvalue weighted by Gasteiger charge is 2.38. The molecule has 0 saturated carbocycles. The highest BCUT2D eigenvalue weighted by atomic mass is 31.2. The predicted octanol–water partition coefficient (Wildman–Crippen LogP) is 1.22. The lowest BCUT2D eigenvalue weighted by Gasteiger charge is -2.27. The highest BCUT2D eigenvalue weighted by Crippen LogP contribution is 2.44. The topological polar surface area (TPSA) is 105 Å². The molecule has 122 valence electrons. The summed E-state index contributed by atoms with van der Waals surface area (Å²) in [5, 5.41) is 11.7. The van der Waals surface area contributed by atoms with Crippen LogP contribution in [0.5, 0.6) is 0 Å². The van der Waals surface area contributed by atoms with Crippen molar-refractivity contribution in [3.8, 4) is 0 Å². The fraction of sp³-hybridized carbons (Fsp3) is 0.833. The van der Waals surface area contributed by atoms with Crippen LogP contribution in [0.25, 0.3) is 0 Å². The lowest BCUT2D eigenvalue weighted by atomic mass is 10.2. The summed E-state index contributed by atoms with van der Waals surface area (Å²) in [5.41, 5.74) is 0. The minimum atomic E-state index is -3.56. The summed E-state index contributed by atoms with van der Waals surface area (Å²) in [5.74, 6) is -1.44. The van der Waals surface area contributed by atoms with E-state index in [2.05, 4.69) is 5.09 Å². The number of carboxylic acids is 1. The van der Waals surface area contributed by atoms with Crippen LogP contribution in [0.1, 0.15) is 33.6 Å². The van der Waals surface area contributed by atoms with Gasteiger partial charge in [0.15, 0.2) is 0 Å². The van der Waals surface area contributed by atoms with Gasteiger partial charge in [-0.2, -0.15) is 0 Å². The Bertz CT molecular complexity index is 420. The number of amides is 1. The van der Waals surface area contributed by atoms with E-state index in [-0.39, 0.29) is 13.2 Å². The van der Waals surface area contributed by atoms with Gasteiger partial charge in [0.1, 0.15) is 6.04 Å². The Kier molecular flexibility index (Phi) is 6.80. The molecule has 0 radical (unpaired) electrons. The van der Waals surface area contributed by atoms with E-state index in [0.29, 0.717) is 19.4 Å². The quantitative estimate of drug-likeness (QED) is 0.647. The molecular weight excluding hydrogens is 299 g/mol. The molecule has 0 spiro atoms. The highest BCUT2D eigenvalue weighted by molar-refractivity contribution is 7.51. The second-order valence-electron chi connectivity index (χ2n) is 4.71. The lowest BCUT2D eigenvalue weighted by molar-refractivity contribution is -0.148. The zero-order valence-corrected chi connectivity index (χ0v) is 13.5. The third kappa shape index (κ3) is 4.78. The number of hydrogen-bond acceptors (Lipinski definition) is 5. The summed E-state index contributed by atoms with van der Waals surface area (Å²) >= 11 is 0. The van der Waals surface area contributed by atoms with Crippen LogP contribution in [-0.4, -0.2) is 53.7 Å². The van der Waals surface area contributed by atoms with Gasteiger partial charge < -0.3 is 10.0 Å². The molecule has 2 atom stereocenters. The van der Waals surface area contributed by atoms with Crippen molar-refractivity contribution in [1.82, 2.24) is 9.99 Å². The molecule has 2 N–H and O–H groups in total. The minimum Gasteiger partial charge on any atom is -0.480 e. The number of likely N-dealkylation sites (tertiary alicyclic amines) is 1. The van der Waals surface area contributed by atoms with Crippen LogP contribution in [0.4, 0.5) is 0 Å². The van der Waals surface area contributed by atoms with Gasteiger partial charge in [0.25, 0.3) is 0 Å². The van der Waals surface area contributed by atoms with Gasteiger partial charge in [0, 0.05) is 6.54 Å². The number of rotatable bonds is 8. The van der Waals surface area contributed by atoms with Gasteiger partial charge in [-0.25, -0.2) is 14.4 Å². The summed E-state index contributed by atoms with van der Waals surface area (Å²) in [6.07, 6.45) is 1.08. The van der Waals surface area contributed by atoms with Gasteiger partial charge in [-0.05, 0) is 33.6 Å². The van der Waals surface area contributed by atoms with Gasteiger partial charge in [-0.3, -0.25) is 13.8 Å². The summed E-state index contributed by atoms with van der Waals surface area (Å²) in [6, 6.07) is -1.67. The molecule has 1 amide bonds. The van der Waals surface area contributed by atoms with E-state index in [1.54, 1.807) is 13.8 Å². The lowest BCUT2D eigenvalue weighted by Crippen LogP contribution is -2.48. The van der Waals surface area contributed by atoms with Crippen molar-refractivity contribution < 1.29 is 28.3 Å². The number of carboxylic acid groups (broad SMARTS) is 1. The number of hydrogen-bond donors (Lipinski definition) is 2. The van der Waals surface area contributed by atoms with Crippen LogP contribution in [0.2, 0.25) is 0 Å². The molecule has 1 saturated heterocycles. The maximum Gasteiger partial charge on any atom is 0.406 e. The first-order valence-corrected chi connectivity index (χ1v) is 8.59. The average Bonchev–Trinajstić information content (AvgIpc) is 2.87. The number of carbonyl (C=O) groups excluding carboxylic acids is 1. The molecule has 21 heavy (non-hydrogen) atoms. The fourth-order valence-electron chi connectivity index (χ4n) is 2.28. The maximum atomic E-state index is 12.3. The number of nitrogens with one attached hydrogen (secondary N) is 1. The molecule has 1 aliphatic rings. The van der Waals surface area contributed by atoms with E-state index in [1.807, 2.05) is 0 Å². The van der Waals surface area contributed by atoms with Crippen molar-refractivity contribution in [2.45, 2.75) is 45.7 Å². The van der Waals surface area contributed by atoms with Crippen LogP contribution in [-0.2, 0) is 23.2 Å². The number of carbonyl (C=O) groups is 2. The molecule has 0 unspecified atom stereocenters. The van der Waals surface area contributed by atoms with Crippen LogP contribution in [0.15, 0.2) is 0 Å². The van der Waals surface area contributed by atoms with Crippen molar-refractivity contribution in [1.29, 1.82) is 0 Å². The van der Waals surface area contributed by atoms with Crippen molar-refractivity contribution in [3.05, 3.63) is 0 Å². The van der Waals surface area contributed by atoms with E-state index in [0.717, 1.165) is 0 Å². The molecule has 9 heteroatoms. The zero-order chi connectivity index (χ0) is 16.0.